The van der Waals surface area contributed by atoms with Crippen LogP contribution >= 0.6 is 15.9 Å². The van der Waals surface area contributed by atoms with Gasteiger partial charge in [-0.3, -0.25) is 4.79 Å². The van der Waals surface area contributed by atoms with Gasteiger partial charge in [0, 0.05) is 10.2 Å². The van der Waals surface area contributed by atoms with E-state index in [2.05, 4.69) is 26.4 Å². The Balaban J connectivity index is 2.14. The molecule has 0 aliphatic rings. The molecule has 0 bridgehead atoms. The van der Waals surface area contributed by atoms with Gasteiger partial charge in [-0.05, 0) is 31.2 Å². The normalized spacial score (nSPS) is 10.1. The number of hydrogen-bond donors (Lipinski definition) is 1. The van der Waals surface area contributed by atoms with E-state index in [9.17, 15) is 4.79 Å². The quantitative estimate of drug-likeness (QED) is 0.920. The number of nitrogens with zero attached hydrogens (tertiary/aromatic N) is 1. The number of anilines is 1. The van der Waals surface area contributed by atoms with E-state index in [-0.39, 0.29) is 5.91 Å². The molecule has 2 aromatic rings. The maximum Gasteiger partial charge on any atom is 0.260 e. The molecule has 1 aromatic heterocycles. The van der Waals surface area contributed by atoms with Crippen LogP contribution in [0, 0.1) is 6.92 Å². The second kappa shape index (κ2) is 4.49. The maximum atomic E-state index is 11.8. The number of aromatic nitrogens is 1. The van der Waals surface area contributed by atoms with E-state index in [0.29, 0.717) is 11.3 Å². The maximum absolute atomic E-state index is 11.8. The van der Waals surface area contributed by atoms with Gasteiger partial charge in [0.05, 0.1) is 5.69 Å². The SMILES string of the molecule is Cc1nocc1C(=O)Nc1ccc(Br)cc1. The summed E-state index contributed by atoms with van der Waals surface area (Å²) in [4.78, 5) is 11.8. The first-order valence-corrected chi connectivity index (χ1v) is 5.44. The number of amides is 1. The molecule has 1 heterocycles. The second-order valence-electron chi connectivity index (χ2n) is 3.27. The lowest BCUT2D eigenvalue weighted by atomic mass is 10.2. The van der Waals surface area contributed by atoms with Gasteiger partial charge in [0.1, 0.15) is 11.8 Å². The minimum Gasteiger partial charge on any atom is -0.364 e. The summed E-state index contributed by atoms with van der Waals surface area (Å²) in [6.07, 6.45) is 1.34. The predicted molar refractivity (Wildman–Crippen MR) is 63.3 cm³/mol. The van der Waals surface area contributed by atoms with Gasteiger partial charge in [0.2, 0.25) is 0 Å². The van der Waals surface area contributed by atoms with Gasteiger partial charge in [-0.2, -0.15) is 0 Å². The molecule has 2 rings (SSSR count). The van der Waals surface area contributed by atoms with Gasteiger partial charge < -0.3 is 9.84 Å². The third kappa shape index (κ3) is 2.30. The van der Waals surface area contributed by atoms with Crippen molar-refractivity contribution in [1.29, 1.82) is 0 Å². The topological polar surface area (TPSA) is 55.1 Å². The van der Waals surface area contributed by atoms with Gasteiger partial charge in [0.25, 0.3) is 5.91 Å². The molecule has 0 aliphatic carbocycles. The van der Waals surface area contributed by atoms with Crippen LogP contribution in [0.4, 0.5) is 5.69 Å². The Kier molecular flexibility index (Phi) is 3.05. The molecule has 0 spiro atoms. The highest BCUT2D eigenvalue weighted by atomic mass is 79.9. The lowest BCUT2D eigenvalue weighted by molar-refractivity contribution is 0.102. The number of benzene rings is 1. The van der Waals surface area contributed by atoms with Crippen LogP contribution in [0.5, 0.6) is 0 Å². The van der Waals surface area contributed by atoms with Crippen molar-refractivity contribution in [2.45, 2.75) is 6.92 Å². The highest BCUT2D eigenvalue weighted by molar-refractivity contribution is 9.10. The first-order chi connectivity index (χ1) is 7.66. The molecule has 1 aromatic carbocycles. The molecule has 0 atom stereocenters. The van der Waals surface area contributed by atoms with Gasteiger partial charge >= 0.3 is 0 Å². The van der Waals surface area contributed by atoms with Crippen molar-refractivity contribution < 1.29 is 9.32 Å². The standard InChI is InChI=1S/C11H9BrN2O2/c1-7-10(6-16-14-7)11(15)13-9-4-2-8(12)3-5-9/h2-6H,1H3,(H,13,15). The van der Waals surface area contributed by atoms with Crippen LogP contribution < -0.4 is 5.32 Å². The Labute approximate surface area is 101 Å². The summed E-state index contributed by atoms with van der Waals surface area (Å²) in [5.74, 6) is -0.221. The molecule has 0 saturated carbocycles. The minimum absolute atomic E-state index is 0.221. The van der Waals surface area contributed by atoms with Crippen LogP contribution in [-0.4, -0.2) is 11.1 Å². The van der Waals surface area contributed by atoms with E-state index >= 15 is 0 Å². The summed E-state index contributed by atoms with van der Waals surface area (Å²) >= 11 is 3.32. The fourth-order valence-electron chi connectivity index (χ4n) is 1.24. The number of carbonyl (C=O) groups excluding carboxylic acids is 1. The van der Waals surface area contributed by atoms with Crippen molar-refractivity contribution >= 4 is 27.5 Å². The van der Waals surface area contributed by atoms with Crippen molar-refractivity contribution in [1.82, 2.24) is 5.16 Å². The Morgan fingerprint density at radius 3 is 2.62 bits per heavy atom. The molecule has 1 N–H and O–H groups in total. The van der Waals surface area contributed by atoms with E-state index in [4.69, 9.17) is 4.52 Å². The smallest absolute Gasteiger partial charge is 0.260 e. The zero-order valence-electron chi connectivity index (χ0n) is 8.53. The largest absolute Gasteiger partial charge is 0.364 e. The van der Waals surface area contributed by atoms with Crippen molar-refractivity contribution in [3.05, 3.63) is 46.3 Å². The molecular weight excluding hydrogens is 272 g/mol. The number of nitrogens with one attached hydrogen (secondary N) is 1. The van der Waals surface area contributed by atoms with E-state index in [1.165, 1.54) is 6.26 Å². The zero-order valence-corrected chi connectivity index (χ0v) is 10.1. The molecule has 4 nitrogen and oxygen atoms in total. The summed E-state index contributed by atoms with van der Waals surface area (Å²) in [5.41, 5.74) is 1.76. The summed E-state index contributed by atoms with van der Waals surface area (Å²) in [6.45, 7) is 1.72. The molecule has 16 heavy (non-hydrogen) atoms. The molecule has 0 fully saturated rings. The average molecular weight is 281 g/mol. The fourth-order valence-corrected chi connectivity index (χ4v) is 1.51. The number of rotatable bonds is 2. The van der Waals surface area contributed by atoms with Crippen molar-refractivity contribution in [2.24, 2.45) is 0 Å². The molecule has 0 unspecified atom stereocenters. The molecule has 82 valence electrons. The van der Waals surface area contributed by atoms with Crippen LogP contribution in [0.1, 0.15) is 16.1 Å². The first-order valence-electron chi connectivity index (χ1n) is 4.65. The highest BCUT2D eigenvalue weighted by Gasteiger charge is 2.12. The molecule has 1 amide bonds. The molecule has 0 aliphatic heterocycles. The zero-order chi connectivity index (χ0) is 11.5. The third-order valence-corrected chi connectivity index (χ3v) is 2.63. The van der Waals surface area contributed by atoms with Gasteiger partial charge in [-0.15, -0.1) is 0 Å². The third-order valence-electron chi connectivity index (χ3n) is 2.10. The molecule has 0 radical (unpaired) electrons. The van der Waals surface area contributed by atoms with Gasteiger partial charge in [0.15, 0.2) is 0 Å². The van der Waals surface area contributed by atoms with E-state index in [1.807, 2.05) is 24.3 Å². The van der Waals surface area contributed by atoms with E-state index in [0.717, 1.165) is 10.2 Å². The van der Waals surface area contributed by atoms with Crippen LogP contribution in [-0.2, 0) is 0 Å². The summed E-state index contributed by atoms with van der Waals surface area (Å²) in [7, 11) is 0. The van der Waals surface area contributed by atoms with E-state index < -0.39 is 0 Å². The van der Waals surface area contributed by atoms with Crippen molar-refractivity contribution in [2.75, 3.05) is 5.32 Å². The van der Waals surface area contributed by atoms with Crippen molar-refractivity contribution in [3.63, 3.8) is 0 Å². The Morgan fingerprint density at radius 2 is 2.06 bits per heavy atom. The molecule has 0 saturated heterocycles. The van der Waals surface area contributed by atoms with Crippen LogP contribution in [0.25, 0.3) is 0 Å². The minimum atomic E-state index is -0.221. The monoisotopic (exact) mass is 280 g/mol. The molecule has 5 heteroatoms. The van der Waals surface area contributed by atoms with Crippen molar-refractivity contribution in [3.8, 4) is 0 Å². The lowest BCUT2D eigenvalue weighted by Crippen LogP contribution is -2.12. The van der Waals surface area contributed by atoms with Gasteiger partial charge in [-0.25, -0.2) is 0 Å². The highest BCUT2D eigenvalue weighted by Crippen LogP contribution is 2.15. The number of aryl methyl sites for hydroxylation is 1. The number of hydrogen-bond acceptors (Lipinski definition) is 3. The Morgan fingerprint density at radius 1 is 1.38 bits per heavy atom. The Hall–Kier alpha value is -1.62. The number of carbonyl (C=O) groups is 1. The first kappa shape index (κ1) is 10.9. The Bertz CT molecular complexity index is 505. The fraction of sp³-hybridized carbons (Fsp3) is 0.0909. The summed E-state index contributed by atoms with van der Waals surface area (Å²) in [6, 6.07) is 7.34. The second-order valence-corrected chi connectivity index (χ2v) is 4.19. The lowest BCUT2D eigenvalue weighted by Gasteiger charge is -2.03. The molecular formula is C11H9BrN2O2. The predicted octanol–water partition coefficient (Wildman–Crippen LogP) is 3.00. The average Bonchev–Trinajstić information content (AvgIpc) is 2.68. The van der Waals surface area contributed by atoms with Crippen LogP contribution in [0.2, 0.25) is 0 Å². The van der Waals surface area contributed by atoms with Gasteiger partial charge in [-0.1, -0.05) is 21.1 Å². The summed E-state index contributed by atoms with van der Waals surface area (Å²) < 4.78 is 5.67. The van der Waals surface area contributed by atoms with Crippen LogP contribution in [0.3, 0.4) is 0 Å². The summed E-state index contributed by atoms with van der Waals surface area (Å²) in [5, 5.41) is 6.40. The number of halogens is 1. The van der Waals surface area contributed by atoms with E-state index in [1.54, 1.807) is 6.92 Å². The van der Waals surface area contributed by atoms with Crippen LogP contribution in [0.15, 0.2) is 39.5 Å².